The smallest absolute Gasteiger partial charge is 0.251 e. The number of amides is 3. The number of carbonyl (C=O) groups is 3. The van der Waals surface area contributed by atoms with Gasteiger partial charge in [-0.15, -0.1) is 0 Å². The lowest BCUT2D eigenvalue weighted by Gasteiger charge is -2.36. The van der Waals surface area contributed by atoms with Crippen molar-refractivity contribution in [1.29, 1.82) is 0 Å². The van der Waals surface area contributed by atoms with Gasteiger partial charge in [0.1, 0.15) is 0 Å². The topological polar surface area (TPSA) is 105 Å². The lowest BCUT2D eigenvalue weighted by molar-refractivity contribution is -0.135. The molecule has 1 saturated heterocycles. The van der Waals surface area contributed by atoms with Crippen molar-refractivity contribution in [3.8, 4) is 0 Å². The summed E-state index contributed by atoms with van der Waals surface area (Å²) in [6, 6.07) is 8.93. The summed E-state index contributed by atoms with van der Waals surface area (Å²) in [5, 5.41) is 5.39. The van der Waals surface area contributed by atoms with Crippen molar-refractivity contribution in [2.75, 3.05) is 26.2 Å². The van der Waals surface area contributed by atoms with Crippen LogP contribution >= 0.6 is 0 Å². The van der Waals surface area contributed by atoms with Gasteiger partial charge in [-0.25, -0.2) is 0 Å². The van der Waals surface area contributed by atoms with Crippen LogP contribution < -0.4 is 16.4 Å². The van der Waals surface area contributed by atoms with Crippen molar-refractivity contribution >= 4 is 17.7 Å². The molecular formula is C17H24N4O3. The SMILES string of the molecule is NCC(=O)NCC(=O)N1CCCCC1CNC(=O)c1ccccc1. The number of hydrogen-bond acceptors (Lipinski definition) is 4. The highest BCUT2D eigenvalue weighted by molar-refractivity contribution is 5.94. The number of carbonyl (C=O) groups excluding carboxylic acids is 3. The van der Waals surface area contributed by atoms with Gasteiger partial charge in [-0.05, 0) is 31.4 Å². The predicted molar refractivity (Wildman–Crippen MR) is 90.2 cm³/mol. The van der Waals surface area contributed by atoms with E-state index in [9.17, 15) is 14.4 Å². The van der Waals surface area contributed by atoms with E-state index in [1.807, 2.05) is 18.2 Å². The molecule has 4 N–H and O–H groups in total. The maximum Gasteiger partial charge on any atom is 0.251 e. The Morgan fingerprint density at radius 2 is 1.88 bits per heavy atom. The van der Waals surface area contributed by atoms with E-state index in [0.717, 1.165) is 19.3 Å². The molecule has 1 unspecified atom stereocenters. The predicted octanol–water partition coefficient (Wildman–Crippen LogP) is -0.128. The van der Waals surface area contributed by atoms with Gasteiger partial charge in [-0.3, -0.25) is 14.4 Å². The average Bonchev–Trinajstić information content (AvgIpc) is 2.64. The molecule has 3 amide bonds. The van der Waals surface area contributed by atoms with Crippen molar-refractivity contribution in [2.24, 2.45) is 5.73 Å². The minimum absolute atomic E-state index is 0.0475. The first kappa shape index (κ1) is 17.9. The Labute approximate surface area is 141 Å². The van der Waals surface area contributed by atoms with Gasteiger partial charge in [-0.1, -0.05) is 18.2 Å². The van der Waals surface area contributed by atoms with E-state index in [1.54, 1.807) is 17.0 Å². The second-order valence-electron chi connectivity index (χ2n) is 5.79. The molecule has 0 bridgehead atoms. The Hall–Kier alpha value is -2.41. The van der Waals surface area contributed by atoms with E-state index in [1.165, 1.54) is 0 Å². The zero-order valence-corrected chi connectivity index (χ0v) is 13.7. The number of nitrogens with one attached hydrogen (secondary N) is 2. The standard InChI is InChI=1S/C17H24N4O3/c18-10-15(22)19-12-16(23)21-9-5-4-8-14(21)11-20-17(24)13-6-2-1-3-7-13/h1-3,6-7,14H,4-5,8-12,18H2,(H,19,22)(H,20,24). The Kier molecular flexibility index (Phi) is 6.74. The third-order valence-corrected chi connectivity index (χ3v) is 4.10. The molecule has 0 saturated carbocycles. The van der Waals surface area contributed by atoms with Crippen molar-refractivity contribution in [2.45, 2.75) is 25.3 Å². The second kappa shape index (κ2) is 9.02. The summed E-state index contributed by atoms with van der Waals surface area (Å²) in [5.41, 5.74) is 5.81. The first-order valence-corrected chi connectivity index (χ1v) is 8.21. The quantitative estimate of drug-likeness (QED) is 0.675. The third-order valence-electron chi connectivity index (χ3n) is 4.10. The second-order valence-corrected chi connectivity index (χ2v) is 5.79. The first-order valence-electron chi connectivity index (χ1n) is 8.21. The van der Waals surface area contributed by atoms with E-state index < -0.39 is 0 Å². The van der Waals surface area contributed by atoms with Crippen molar-refractivity contribution in [1.82, 2.24) is 15.5 Å². The lowest BCUT2D eigenvalue weighted by Crippen LogP contribution is -2.52. The zero-order chi connectivity index (χ0) is 17.4. The Morgan fingerprint density at radius 3 is 2.58 bits per heavy atom. The number of nitrogens with zero attached hydrogens (tertiary/aromatic N) is 1. The summed E-state index contributed by atoms with van der Waals surface area (Å²) in [7, 11) is 0. The monoisotopic (exact) mass is 332 g/mol. The lowest BCUT2D eigenvalue weighted by atomic mass is 10.0. The highest BCUT2D eigenvalue weighted by Crippen LogP contribution is 2.16. The molecule has 1 heterocycles. The molecule has 7 nitrogen and oxygen atoms in total. The molecule has 0 radical (unpaired) electrons. The molecule has 0 aromatic heterocycles. The molecule has 1 aromatic carbocycles. The maximum atomic E-state index is 12.3. The van der Waals surface area contributed by atoms with Crippen LogP contribution in [0.25, 0.3) is 0 Å². The average molecular weight is 332 g/mol. The Morgan fingerprint density at radius 1 is 1.12 bits per heavy atom. The van der Waals surface area contributed by atoms with Crippen LogP contribution in [0.5, 0.6) is 0 Å². The molecule has 1 aliphatic rings. The third kappa shape index (κ3) is 5.06. The first-order chi connectivity index (χ1) is 11.6. The van der Waals surface area contributed by atoms with E-state index in [0.29, 0.717) is 18.7 Å². The van der Waals surface area contributed by atoms with Crippen LogP contribution in [-0.4, -0.2) is 54.8 Å². The normalized spacial score (nSPS) is 17.2. The van der Waals surface area contributed by atoms with Gasteiger partial charge >= 0.3 is 0 Å². The van der Waals surface area contributed by atoms with Gasteiger partial charge in [0, 0.05) is 24.7 Å². The minimum atomic E-state index is -0.353. The molecule has 0 spiro atoms. The summed E-state index contributed by atoms with van der Waals surface area (Å²) in [5.74, 6) is -0.644. The summed E-state index contributed by atoms with van der Waals surface area (Å²) in [6.45, 7) is 0.858. The van der Waals surface area contributed by atoms with Gasteiger partial charge in [0.2, 0.25) is 11.8 Å². The van der Waals surface area contributed by atoms with Crippen LogP contribution in [0.3, 0.4) is 0 Å². The number of benzene rings is 1. The van der Waals surface area contributed by atoms with Gasteiger partial charge in [0.15, 0.2) is 0 Å². The Balaban J connectivity index is 1.88. The number of hydrogen-bond donors (Lipinski definition) is 3. The molecule has 1 fully saturated rings. The van der Waals surface area contributed by atoms with Crippen molar-refractivity contribution in [3.05, 3.63) is 35.9 Å². The maximum absolute atomic E-state index is 12.3. The van der Waals surface area contributed by atoms with E-state index in [4.69, 9.17) is 5.73 Å². The van der Waals surface area contributed by atoms with Crippen LogP contribution in [0.15, 0.2) is 30.3 Å². The summed E-state index contributed by atoms with van der Waals surface area (Å²) in [6.07, 6.45) is 2.79. The highest BCUT2D eigenvalue weighted by atomic mass is 16.2. The number of piperidine rings is 1. The molecular weight excluding hydrogens is 308 g/mol. The van der Waals surface area contributed by atoms with Gasteiger partial charge < -0.3 is 21.3 Å². The fraction of sp³-hybridized carbons (Fsp3) is 0.471. The molecule has 130 valence electrons. The van der Waals surface area contributed by atoms with Gasteiger partial charge in [0.25, 0.3) is 5.91 Å². The van der Waals surface area contributed by atoms with Gasteiger partial charge in [0.05, 0.1) is 13.1 Å². The summed E-state index contributed by atoms with van der Waals surface area (Å²) >= 11 is 0. The highest BCUT2D eigenvalue weighted by Gasteiger charge is 2.27. The molecule has 0 aliphatic carbocycles. The van der Waals surface area contributed by atoms with Crippen LogP contribution in [0, 0.1) is 0 Å². The van der Waals surface area contributed by atoms with Crippen LogP contribution in [0.4, 0.5) is 0 Å². The largest absolute Gasteiger partial charge is 0.350 e. The Bertz CT molecular complexity index is 576. The number of likely N-dealkylation sites (tertiary alicyclic amines) is 1. The van der Waals surface area contributed by atoms with E-state index >= 15 is 0 Å². The van der Waals surface area contributed by atoms with Crippen LogP contribution in [0.1, 0.15) is 29.6 Å². The molecule has 7 heteroatoms. The molecule has 1 aromatic rings. The van der Waals surface area contributed by atoms with E-state index in [2.05, 4.69) is 10.6 Å². The van der Waals surface area contributed by atoms with E-state index in [-0.39, 0.29) is 36.9 Å². The van der Waals surface area contributed by atoms with Gasteiger partial charge in [-0.2, -0.15) is 0 Å². The number of rotatable bonds is 6. The molecule has 1 aliphatic heterocycles. The molecule has 2 rings (SSSR count). The zero-order valence-electron chi connectivity index (χ0n) is 13.7. The van der Waals surface area contributed by atoms with Crippen LogP contribution in [-0.2, 0) is 9.59 Å². The molecule has 24 heavy (non-hydrogen) atoms. The number of nitrogens with two attached hydrogens (primary N) is 1. The van der Waals surface area contributed by atoms with Crippen LogP contribution in [0.2, 0.25) is 0 Å². The fourth-order valence-corrected chi connectivity index (χ4v) is 2.79. The summed E-state index contributed by atoms with van der Waals surface area (Å²) < 4.78 is 0. The molecule has 1 atom stereocenters. The fourth-order valence-electron chi connectivity index (χ4n) is 2.79. The van der Waals surface area contributed by atoms with Crippen molar-refractivity contribution < 1.29 is 14.4 Å². The minimum Gasteiger partial charge on any atom is -0.350 e. The summed E-state index contributed by atoms with van der Waals surface area (Å²) in [4.78, 5) is 37.4. The van der Waals surface area contributed by atoms with Crippen molar-refractivity contribution in [3.63, 3.8) is 0 Å².